The Morgan fingerprint density at radius 1 is 0.947 bits per heavy atom. The predicted octanol–water partition coefficient (Wildman–Crippen LogP) is 4.86. The van der Waals surface area contributed by atoms with Gasteiger partial charge in [0.15, 0.2) is 0 Å². The number of hydrogen-bond donors (Lipinski definition) is 0. The Morgan fingerprint density at radius 3 is 1.74 bits per heavy atom. The van der Waals surface area contributed by atoms with Gasteiger partial charge in [-0.2, -0.15) is 0 Å². The Bertz CT molecular complexity index is 311. The maximum Gasteiger partial charge on any atom is 0.214 e. The first-order valence-electron chi connectivity index (χ1n) is 7.61. The Morgan fingerprint density at radius 2 is 1.37 bits per heavy atom. The van der Waals surface area contributed by atoms with Gasteiger partial charge in [0.2, 0.25) is 7.37 Å². The van der Waals surface area contributed by atoms with Crippen molar-refractivity contribution >= 4 is 7.37 Å². The molecule has 0 spiro atoms. The van der Waals surface area contributed by atoms with Crippen molar-refractivity contribution in [2.45, 2.75) is 82.0 Å². The van der Waals surface area contributed by atoms with E-state index in [4.69, 9.17) is 4.52 Å². The van der Waals surface area contributed by atoms with Gasteiger partial charge in [0.05, 0.1) is 17.9 Å². The van der Waals surface area contributed by atoms with E-state index in [0.29, 0.717) is 25.7 Å². The summed E-state index contributed by atoms with van der Waals surface area (Å²) in [4.78, 5) is 0. The zero-order valence-corrected chi connectivity index (χ0v) is 12.6. The molecular weight excluding hydrogens is 269 g/mol. The summed E-state index contributed by atoms with van der Waals surface area (Å²) < 4.78 is 47.1. The van der Waals surface area contributed by atoms with Crippen molar-refractivity contribution in [3.8, 4) is 0 Å². The molecule has 0 aromatic carbocycles. The van der Waals surface area contributed by atoms with Gasteiger partial charge in [0.1, 0.15) is 12.3 Å². The van der Waals surface area contributed by atoms with Crippen molar-refractivity contribution < 1.29 is 17.9 Å². The molecule has 2 saturated carbocycles. The molecule has 2 aliphatic rings. The lowest BCUT2D eigenvalue weighted by Gasteiger charge is -2.39. The summed E-state index contributed by atoms with van der Waals surface area (Å²) in [6.07, 6.45) is 3.35. The van der Waals surface area contributed by atoms with E-state index in [1.807, 2.05) is 0 Å². The van der Waals surface area contributed by atoms with Gasteiger partial charge < -0.3 is 4.52 Å². The second-order valence-corrected chi connectivity index (χ2v) is 8.67. The first kappa shape index (κ1) is 15.4. The van der Waals surface area contributed by atoms with Gasteiger partial charge in [-0.15, -0.1) is 0 Å². The van der Waals surface area contributed by atoms with E-state index in [1.165, 1.54) is 0 Å². The smallest absolute Gasteiger partial charge is 0.214 e. The lowest BCUT2D eigenvalue weighted by Crippen LogP contribution is -2.36. The molecule has 0 aromatic heterocycles. The zero-order chi connectivity index (χ0) is 13.9. The molecule has 2 rings (SSSR count). The molecule has 112 valence electrons. The first-order valence-corrected chi connectivity index (χ1v) is 9.38. The highest BCUT2D eigenvalue weighted by atomic mass is 31.2. The molecular formula is C14H25F2O2P. The van der Waals surface area contributed by atoms with E-state index in [0.717, 1.165) is 25.7 Å². The van der Waals surface area contributed by atoms with Crippen LogP contribution in [0.1, 0.15) is 58.3 Å². The molecule has 4 unspecified atom stereocenters. The summed E-state index contributed by atoms with van der Waals surface area (Å²) in [5, 5.41) is 0. The third-order valence-corrected chi connectivity index (χ3v) is 8.22. The van der Waals surface area contributed by atoms with E-state index in [9.17, 15) is 13.3 Å². The summed E-state index contributed by atoms with van der Waals surface area (Å²) in [5.74, 6) is 0. The SMILES string of the molecule is CCOP(=O)(C1CCCCC1F)C1CCCCC1F. The highest BCUT2D eigenvalue weighted by molar-refractivity contribution is 7.60. The van der Waals surface area contributed by atoms with E-state index >= 15 is 0 Å². The third kappa shape index (κ3) is 3.21. The van der Waals surface area contributed by atoms with Crippen LogP contribution in [-0.4, -0.2) is 30.3 Å². The van der Waals surface area contributed by atoms with Crippen LogP contribution in [0.3, 0.4) is 0 Å². The van der Waals surface area contributed by atoms with Crippen LogP contribution in [-0.2, 0) is 9.09 Å². The Hall–Kier alpha value is 0.0500. The second-order valence-electron chi connectivity index (χ2n) is 5.80. The fraction of sp³-hybridized carbons (Fsp3) is 1.00. The molecule has 0 saturated heterocycles. The van der Waals surface area contributed by atoms with Crippen LogP contribution in [0.2, 0.25) is 0 Å². The van der Waals surface area contributed by atoms with Crippen molar-refractivity contribution in [3.05, 3.63) is 0 Å². The molecule has 2 nitrogen and oxygen atoms in total. The van der Waals surface area contributed by atoms with Gasteiger partial charge in [0.25, 0.3) is 0 Å². The minimum Gasteiger partial charge on any atom is -0.328 e. The van der Waals surface area contributed by atoms with E-state index in [2.05, 4.69) is 0 Å². The van der Waals surface area contributed by atoms with Crippen molar-refractivity contribution in [2.75, 3.05) is 6.61 Å². The van der Waals surface area contributed by atoms with Crippen LogP contribution in [0.15, 0.2) is 0 Å². The van der Waals surface area contributed by atoms with Gasteiger partial charge in [-0.05, 0) is 32.6 Å². The maximum absolute atomic E-state index is 14.2. The van der Waals surface area contributed by atoms with Gasteiger partial charge >= 0.3 is 0 Å². The van der Waals surface area contributed by atoms with Gasteiger partial charge in [-0.3, -0.25) is 4.57 Å². The molecule has 0 aliphatic heterocycles. The van der Waals surface area contributed by atoms with Crippen LogP contribution in [0.25, 0.3) is 0 Å². The van der Waals surface area contributed by atoms with Crippen LogP contribution in [0, 0.1) is 0 Å². The van der Waals surface area contributed by atoms with E-state index < -0.39 is 31.0 Å². The summed E-state index contributed by atoms with van der Waals surface area (Å²) in [6.45, 7) is 2.04. The average molecular weight is 294 g/mol. The number of rotatable bonds is 4. The molecule has 2 fully saturated rings. The molecule has 0 radical (unpaired) electrons. The predicted molar refractivity (Wildman–Crippen MR) is 73.5 cm³/mol. The molecule has 4 atom stereocenters. The summed E-state index contributed by atoms with van der Waals surface area (Å²) in [6, 6.07) is 0. The van der Waals surface area contributed by atoms with Crippen molar-refractivity contribution in [2.24, 2.45) is 0 Å². The Labute approximate surface area is 114 Å². The van der Waals surface area contributed by atoms with Crippen LogP contribution in [0.4, 0.5) is 8.78 Å². The maximum atomic E-state index is 14.2. The molecule has 0 N–H and O–H groups in total. The van der Waals surface area contributed by atoms with Gasteiger partial charge in [0, 0.05) is 0 Å². The molecule has 0 heterocycles. The first-order chi connectivity index (χ1) is 9.09. The highest BCUT2D eigenvalue weighted by Crippen LogP contribution is 2.64. The van der Waals surface area contributed by atoms with Crippen molar-refractivity contribution in [1.29, 1.82) is 0 Å². The minimum atomic E-state index is -3.23. The molecule has 0 bridgehead atoms. The Kier molecular flexibility index (Phi) is 5.42. The molecule has 2 aliphatic carbocycles. The summed E-state index contributed by atoms with van der Waals surface area (Å²) in [5.41, 5.74) is -1.13. The van der Waals surface area contributed by atoms with E-state index in [-0.39, 0.29) is 6.61 Å². The van der Waals surface area contributed by atoms with E-state index in [1.54, 1.807) is 6.92 Å². The molecule has 5 heteroatoms. The topological polar surface area (TPSA) is 26.3 Å². The minimum absolute atomic E-state index is 0.281. The average Bonchev–Trinajstić information content (AvgIpc) is 2.39. The summed E-state index contributed by atoms with van der Waals surface area (Å²) in [7, 11) is -3.23. The lowest BCUT2D eigenvalue weighted by molar-refractivity contribution is 0.200. The number of hydrogen-bond acceptors (Lipinski definition) is 2. The fourth-order valence-corrected chi connectivity index (χ4v) is 7.15. The summed E-state index contributed by atoms with van der Waals surface area (Å²) >= 11 is 0. The lowest BCUT2D eigenvalue weighted by atomic mass is 9.98. The van der Waals surface area contributed by atoms with Crippen LogP contribution < -0.4 is 0 Å². The monoisotopic (exact) mass is 294 g/mol. The quantitative estimate of drug-likeness (QED) is 0.692. The van der Waals surface area contributed by atoms with Gasteiger partial charge in [-0.1, -0.05) is 25.7 Å². The van der Waals surface area contributed by atoms with Crippen molar-refractivity contribution in [3.63, 3.8) is 0 Å². The second kappa shape index (κ2) is 6.67. The zero-order valence-electron chi connectivity index (χ0n) is 11.7. The molecule has 0 aromatic rings. The normalized spacial score (nSPS) is 39.7. The van der Waals surface area contributed by atoms with Crippen molar-refractivity contribution in [1.82, 2.24) is 0 Å². The fourth-order valence-electron chi connectivity index (χ4n) is 3.58. The molecule has 19 heavy (non-hydrogen) atoms. The largest absolute Gasteiger partial charge is 0.328 e. The standard InChI is InChI=1S/C14H25F2O2P/c1-2-18-19(17,13-9-5-3-7-11(13)15)14-10-6-4-8-12(14)16/h11-14H,2-10H2,1H3. The third-order valence-electron chi connectivity index (χ3n) is 4.55. The Balaban J connectivity index is 2.22. The van der Waals surface area contributed by atoms with Crippen LogP contribution >= 0.6 is 7.37 Å². The van der Waals surface area contributed by atoms with Gasteiger partial charge in [-0.25, -0.2) is 8.78 Å². The molecule has 0 amide bonds. The number of alkyl halides is 2. The number of halogens is 2. The highest BCUT2D eigenvalue weighted by Gasteiger charge is 2.50. The van der Waals surface area contributed by atoms with Crippen LogP contribution in [0.5, 0.6) is 0 Å².